The van der Waals surface area contributed by atoms with Crippen molar-refractivity contribution < 1.29 is 9.47 Å². The smallest absolute Gasteiger partial charge is 0.186 e. The van der Waals surface area contributed by atoms with E-state index in [4.69, 9.17) is 37.7 Å². The zero-order valence-corrected chi connectivity index (χ0v) is 23.8. The van der Waals surface area contributed by atoms with E-state index in [2.05, 4.69) is 33.4 Å². The Labute approximate surface area is 241 Å². The molecule has 2 aromatic heterocycles. The number of aromatic nitrogens is 4. The first kappa shape index (κ1) is 24.6. The highest BCUT2D eigenvalue weighted by Gasteiger charge is 2.46. The number of para-hydroxylation sites is 2. The van der Waals surface area contributed by atoms with Crippen LogP contribution in [0.1, 0.15) is 60.9 Å². The lowest BCUT2D eigenvalue weighted by molar-refractivity contribution is 0.00991. The molecular weight excluding hydrogens is 553 g/mol. The molecule has 8 rings (SSSR count). The molecule has 39 heavy (non-hydrogen) atoms. The number of hydrogen-bond donors (Lipinski definition) is 0. The highest BCUT2D eigenvalue weighted by Crippen LogP contribution is 2.46. The average molecular weight is 583 g/mol. The molecule has 4 aliphatic rings. The van der Waals surface area contributed by atoms with Crippen LogP contribution in [0.3, 0.4) is 0 Å². The van der Waals surface area contributed by atoms with Crippen LogP contribution in [0, 0.1) is 5.92 Å². The first-order chi connectivity index (χ1) is 19.1. The van der Waals surface area contributed by atoms with Crippen LogP contribution in [-0.2, 0) is 16.1 Å². The number of fused-ring (bicyclic) bond motifs is 3. The summed E-state index contributed by atoms with van der Waals surface area (Å²) in [6, 6.07) is 12.6. The molecule has 0 N–H and O–H groups in total. The second-order valence-corrected chi connectivity index (χ2v) is 13.1. The Bertz CT molecular complexity index is 1530. The standard InChI is InChI=1S/C29H29Cl2N5O2S/c30-21-4-2-5-22(31)28(21)36-23(26(33-34-36)16-7-8-16)15-38-24-12-19-11-18(24)13-35(19)29-32-27-20(17-9-10-37-14-17)3-1-6-25(27)39-29/h1-6,16-19,24H,7-15H2/t17-,18-,19-,24+/m0/s1. The predicted octanol–water partition coefficient (Wildman–Crippen LogP) is 6.75. The molecule has 0 amide bonds. The summed E-state index contributed by atoms with van der Waals surface area (Å²) in [5, 5.41) is 11.3. The summed E-state index contributed by atoms with van der Waals surface area (Å²) in [7, 11) is 0. The van der Waals surface area contributed by atoms with Crippen molar-refractivity contribution in [2.75, 3.05) is 24.7 Å². The predicted molar refractivity (Wildman–Crippen MR) is 154 cm³/mol. The number of hydrogen-bond acceptors (Lipinski definition) is 7. The zero-order chi connectivity index (χ0) is 26.1. The van der Waals surface area contributed by atoms with E-state index < -0.39 is 0 Å². The Kier molecular flexibility index (Phi) is 6.11. The number of rotatable bonds is 7. The topological polar surface area (TPSA) is 65.3 Å². The van der Waals surface area contributed by atoms with Crippen molar-refractivity contribution in [3.05, 3.63) is 63.4 Å². The summed E-state index contributed by atoms with van der Waals surface area (Å²) >= 11 is 14.9. The highest BCUT2D eigenvalue weighted by molar-refractivity contribution is 7.22. The number of anilines is 1. The number of nitrogens with zero attached hydrogens (tertiary/aromatic N) is 5. The maximum atomic E-state index is 6.63. The second kappa shape index (κ2) is 9.70. The molecule has 10 heteroatoms. The Morgan fingerprint density at radius 2 is 1.87 bits per heavy atom. The number of piperidine rings is 1. The molecule has 0 radical (unpaired) electrons. The molecule has 202 valence electrons. The molecule has 2 aliphatic heterocycles. The third kappa shape index (κ3) is 4.27. The van der Waals surface area contributed by atoms with Crippen molar-refractivity contribution in [3.8, 4) is 5.69 Å². The van der Waals surface area contributed by atoms with Gasteiger partial charge in [0.1, 0.15) is 5.69 Å². The van der Waals surface area contributed by atoms with E-state index in [9.17, 15) is 0 Å². The third-order valence-corrected chi connectivity index (χ3v) is 10.5. The van der Waals surface area contributed by atoms with Gasteiger partial charge in [-0.05, 0) is 55.9 Å². The van der Waals surface area contributed by atoms with Crippen LogP contribution >= 0.6 is 34.5 Å². The fourth-order valence-corrected chi connectivity index (χ4v) is 8.35. The van der Waals surface area contributed by atoms with Crippen LogP contribution in [-0.4, -0.2) is 51.9 Å². The van der Waals surface area contributed by atoms with Crippen LogP contribution in [0.5, 0.6) is 0 Å². The van der Waals surface area contributed by atoms with Gasteiger partial charge in [0.2, 0.25) is 0 Å². The van der Waals surface area contributed by atoms with Crippen LogP contribution in [0.25, 0.3) is 15.9 Å². The number of benzene rings is 2. The molecule has 7 nitrogen and oxygen atoms in total. The van der Waals surface area contributed by atoms with Crippen molar-refractivity contribution in [2.45, 2.75) is 62.7 Å². The lowest BCUT2D eigenvalue weighted by Crippen LogP contribution is -2.38. The molecule has 0 unspecified atom stereocenters. The molecular formula is C29H29Cl2N5O2S. The van der Waals surface area contributed by atoms with E-state index in [1.165, 1.54) is 10.3 Å². The van der Waals surface area contributed by atoms with Gasteiger partial charge in [-0.1, -0.05) is 58.0 Å². The van der Waals surface area contributed by atoms with Crippen LogP contribution in [0.2, 0.25) is 10.0 Å². The van der Waals surface area contributed by atoms with Gasteiger partial charge in [-0.3, -0.25) is 0 Å². The molecule has 2 saturated heterocycles. The van der Waals surface area contributed by atoms with Gasteiger partial charge < -0.3 is 14.4 Å². The number of halogens is 2. The maximum absolute atomic E-state index is 6.63. The van der Waals surface area contributed by atoms with Crippen molar-refractivity contribution >= 4 is 49.9 Å². The minimum Gasteiger partial charge on any atom is -0.381 e. The van der Waals surface area contributed by atoms with Gasteiger partial charge in [0.25, 0.3) is 0 Å². The lowest BCUT2D eigenvalue weighted by Gasteiger charge is -2.31. The Morgan fingerprint density at radius 1 is 1.03 bits per heavy atom. The van der Waals surface area contributed by atoms with E-state index in [0.717, 1.165) is 73.9 Å². The minimum atomic E-state index is 0.212. The summed E-state index contributed by atoms with van der Waals surface area (Å²) in [5.74, 6) is 1.40. The van der Waals surface area contributed by atoms with Crippen molar-refractivity contribution in [3.63, 3.8) is 0 Å². The fourth-order valence-electron chi connectivity index (χ4n) is 6.71. The Hall–Kier alpha value is -2.23. The average Bonchev–Trinajstić information content (AvgIpc) is 3.45. The van der Waals surface area contributed by atoms with E-state index in [1.54, 1.807) is 4.68 Å². The highest BCUT2D eigenvalue weighted by atomic mass is 35.5. The molecule has 2 bridgehead atoms. The summed E-state index contributed by atoms with van der Waals surface area (Å²) in [6.45, 7) is 3.10. The van der Waals surface area contributed by atoms with Gasteiger partial charge >= 0.3 is 0 Å². The molecule has 2 aromatic carbocycles. The van der Waals surface area contributed by atoms with Gasteiger partial charge in [-0.2, -0.15) is 0 Å². The summed E-state index contributed by atoms with van der Waals surface area (Å²) < 4.78 is 15.4. The molecule has 4 fully saturated rings. The first-order valence-electron chi connectivity index (χ1n) is 13.9. The van der Waals surface area contributed by atoms with E-state index >= 15 is 0 Å². The van der Waals surface area contributed by atoms with Crippen molar-refractivity contribution in [2.24, 2.45) is 5.92 Å². The van der Waals surface area contributed by atoms with E-state index in [1.807, 2.05) is 29.5 Å². The normalized spacial score (nSPS) is 26.4. The van der Waals surface area contributed by atoms with Gasteiger partial charge in [-0.15, -0.1) is 5.10 Å². The largest absolute Gasteiger partial charge is 0.381 e. The molecule has 2 aliphatic carbocycles. The Morgan fingerprint density at radius 3 is 2.62 bits per heavy atom. The van der Waals surface area contributed by atoms with Crippen molar-refractivity contribution in [1.29, 1.82) is 0 Å². The summed E-state index contributed by atoms with van der Waals surface area (Å²) in [6.07, 6.45) is 5.73. The van der Waals surface area contributed by atoms with Crippen molar-refractivity contribution in [1.82, 2.24) is 20.0 Å². The van der Waals surface area contributed by atoms with E-state index in [0.29, 0.717) is 46.1 Å². The summed E-state index contributed by atoms with van der Waals surface area (Å²) in [5.41, 5.74) is 5.18. The van der Waals surface area contributed by atoms with Gasteiger partial charge in [0, 0.05) is 36.9 Å². The number of ether oxygens (including phenoxy) is 2. The molecule has 4 atom stereocenters. The zero-order valence-electron chi connectivity index (χ0n) is 21.4. The lowest BCUT2D eigenvalue weighted by atomic mass is 9.98. The molecule has 4 aromatic rings. The number of thiazole rings is 1. The van der Waals surface area contributed by atoms with Crippen LogP contribution in [0.15, 0.2) is 36.4 Å². The fraction of sp³-hybridized carbons (Fsp3) is 0.483. The van der Waals surface area contributed by atoms with Crippen LogP contribution in [0.4, 0.5) is 5.13 Å². The maximum Gasteiger partial charge on any atom is 0.186 e. The molecule has 4 heterocycles. The molecule has 0 spiro atoms. The first-order valence-corrected chi connectivity index (χ1v) is 15.5. The van der Waals surface area contributed by atoms with Gasteiger partial charge in [0.05, 0.1) is 51.0 Å². The van der Waals surface area contributed by atoms with Gasteiger partial charge in [0.15, 0.2) is 5.13 Å². The Balaban J connectivity index is 1.00. The van der Waals surface area contributed by atoms with Gasteiger partial charge in [-0.25, -0.2) is 9.67 Å². The minimum absolute atomic E-state index is 0.212. The summed E-state index contributed by atoms with van der Waals surface area (Å²) in [4.78, 5) is 7.70. The third-order valence-electron chi connectivity index (χ3n) is 8.87. The monoisotopic (exact) mass is 581 g/mol. The second-order valence-electron chi connectivity index (χ2n) is 11.3. The molecule has 2 saturated carbocycles. The quantitative estimate of drug-likeness (QED) is 0.240. The van der Waals surface area contributed by atoms with Crippen LogP contribution < -0.4 is 4.90 Å². The SMILES string of the molecule is Clc1cccc(Cl)c1-n1nnc(C2CC2)c1CO[C@@H]1C[C@@H]2C[C@H]1CN2c1nc2c([C@H]3CCOC3)cccc2s1. The van der Waals surface area contributed by atoms with E-state index in [-0.39, 0.29) is 6.10 Å².